The molecule has 104 valence electrons. The Bertz CT molecular complexity index is 456. The number of piperazine rings is 1. The molecule has 2 rings (SSSR count). The molecule has 1 saturated heterocycles. The Morgan fingerprint density at radius 2 is 1.95 bits per heavy atom. The quantitative estimate of drug-likeness (QED) is 0.786. The van der Waals surface area contributed by atoms with Gasteiger partial charge in [-0.05, 0) is 25.6 Å². The van der Waals surface area contributed by atoms with Crippen molar-refractivity contribution in [2.75, 3.05) is 31.6 Å². The first-order valence-corrected chi connectivity index (χ1v) is 6.46. The van der Waals surface area contributed by atoms with Crippen molar-refractivity contribution >= 4 is 12.0 Å². The summed E-state index contributed by atoms with van der Waals surface area (Å²) < 4.78 is 27.9. The van der Waals surface area contributed by atoms with Gasteiger partial charge in [0, 0.05) is 31.2 Å². The van der Waals surface area contributed by atoms with Gasteiger partial charge in [-0.3, -0.25) is 9.69 Å². The molecule has 19 heavy (non-hydrogen) atoms. The molecule has 0 amide bonds. The predicted molar refractivity (Wildman–Crippen MR) is 70.7 cm³/mol. The van der Waals surface area contributed by atoms with Gasteiger partial charge in [-0.15, -0.1) is 0 Å². The average molecular weight is 268 g/mol. The summed E-state index contributed by atoms with van der Waals surface area (Å²) in [6.45, 7) is 4.02. The maximum Gasteiger partial charge on any atom is 0.150 e. The van der Waals surface area contributed by atoms with Gasteiger partial charge in [-0.2, -0.15) is 0 Å². The number of carbonyl (C=O) groups excluding carboxylic acids is 1. The average Bonchev–Trinajstić information content (AvgIpc) is 2.39. The second kappa shape index (κ2) is 5.65. The summed E-state index contributed by atoms with van der Waals surface area (Å²) >= 11 is 0. The van der Waals surface area contributed by atoms with Gasteiger partial charge in [0.25, 0.3) is 0 Å². The van der Waals surface area contributed by atoms with E-state index < -0.39 is 11.6 Å². The van der Waals surface area contributed by atoms with Gasteiger partial charge in [0.1, 0.15) is 23.6 Å². The van der Waals surface area contributed by atoms with Crippen LogP contribution in [0.1, 0.15) is 23.7 Å². The zero-order valence-electron chi connectivity index (χ0n) is 11.2. The molecule has 1 heterocycles. The predicted octanol–water partition coefficient (Wildman–Crippen LogP) is 2.31. The Labute approximate surface area is 111 Å². The van der Waals surface area contributed by atoms with Crippen molar-refractivity contribution < 1.29 is 13.6 Å². The van der Waals surface area contributed by atoms with Crippen LogP contribution < -0.4 is 4.90 Å². The summed E-state index contributed by atoms with van der Waals surface area (Å²) in [7, 11) is 2.02. The molecule has 0 saturated carbocycles. The molecule has 1 unspecified atom stereocenters. The molecular weight excluding hydrogens is 250 g/mol. The lowest BCUT2D eigenvalue weighted by Crippen LogP contribution is -2.51. The molecule has 1 aromatic carbocycles. The number of aldehydes is 1. The van der Waals surface area contributed by atoms with Crippen molar-refractivity contribution in [1.82, 2.24) is 4.90 Å². The van der Waals surface area contributed by atoms with Gasteiger partial charge in [0.05, 0.1) is 0 Å². The third-order valence-electron chi connectivity index (χ3n) is 3.74. The zero-order chi connectivity index (χ0) is 14.0. The van der Waals surface area contributed by atoms with Crippen LogP contribution in [0.5, 0.6) is 0 Å². The minimum Gasteiger partial charge on any atom is -0.364 e. The molecule has 1 aliphatic rings. The highest BCUT2D eigenvalue weighted by atomic mass is 19.1. The van der Waals surface area contributed by atoms with Crippen LogP contribution in [-0.4, -0.2) is 43.9 Å². The highest BCUT2D eigenvalue weighted by Gasteiger charge is 2.26. The molecule has 1 aliphatic heterocycles. The minimum absolute atomic E-state index is 0.0165. The summed E-state index contributed by atoms with van der Waals surface area (Å²) in [6, 6.07) is 2.47. The van der Waals surface area contributed by atoms with E-state index in [1.807, 2.05) is 7.05 Å². The molecule has 0 bridgehead atoms. The van der Waals surface area contributed by atoms with Crippen LogP contribution in [0.4, 0.5) is 14.5 Å². The van der Waals surface area contributed by atoms with Crippen LogP contribution in [0.3, 0.4) is 0 Å². The lowest BCUT2D eigenvalue weighted by Gasteiger charge is -2.40. The highest BCUT2D eigenvalue weighted by Crippen LogP contribution is 2.27. The van der Waals surface area contributed by atoms with Crippen LogP contribution >= 0.6 is 0 Å². The zero-order valence-corrected chi connectivity index (χ0v) is 11.2. The second-order valence-corrected chi connectivity index (χ2v) is 4.94. The lowest BCUT2D eigenvalue weighted by molar-refractivity contribution is 0.112. The Hall–Kier alpha value is -1.49. The molecule has 0 radical (unpaired) electrons. The fourth-order valence-electron chi connectivity index (χ4n) is 2.55. The fourth-order valence-corrected chi connectivity index (χ4v) is 2.55. The summed E-state index contributed by atoms with van der Waals surface area (Å²) in [6.07, 6.45) is 1.39. The van der Waals surface area contributed by atoms with E-state index in [0.29, 0.717) is 25.4 Å². The molecular formula is C14H18F2N2O. The Balaban J connectivity index is 2.29. The van der Waals surface area contributed by atoms with E-state index in [-0.39, 0.29) is 11.3 Å². The smallest absolute Gasteiger partial charge is 0.150 e. The van der Waals surface area contributed by atoms with Crippen molar-refractivity contribution in [1.29, 1.82) is 0 Å². The number of nitrogens with zero attached hydrogens (tertiary/aromatic N) is 2. The Morgan fingerprint density at radius 3 is 2.47 bits per heavy atom. The molecule has 5 heteroatoms. The second-order valence-electron chi connectivity index (χ2n) is 4.94. The van der Waals surface area contributed by atoms with Crippen molar-refractivity contribution in [2.45, 2.75) is 19.4 Å². The van der Waals surface area contributed by atoms with Gasteiger partial charge < -0.3 is 4.90 Å². The molecule has 0 spiro atoms. The van der Waals surface area contributed by atoms with Crippen molar-refractivity contribution in [2.24, 2.45) is 0 Å². The highest BCUT2D eigenvalue weighted by molar-refractivity contribution is 5.76. The standard InChI is InChI=1S/C14H18F2N2O/c1-3-11-8-18(5-4-17(11)2)14-12(15)6-10(9-19)7-13(14)16/h6-7,9,11H,3-5,8H2,1-2H3. The summed E-state index contributed by atoms with van der Waals surface area (Å²) in [5.74, 6) is -1.33. The maximum absolute atomic E-state index is 14.0. The third kappa shape index (κ3) is 2.76. The van der Waals surface area contributed by atoms with Gasteiger partial charge in [0.2, 0.25) is 0 Å². The van der Waals surface area contributed by atoms with Crippen molar-refractivity contribution in [3.05, 3.63) is 29.3 Å². The number of benzene rings is 1. The van der Waals surface area contributed by atoms with E-state index in [2.05, 4.69) is 11.8 Å². The van der Waals surface area contributed by atoms with Crippen LogP contribution in [0.15, 0.2) is 12.1 Å². The minimum atomic E-state index is -0.665. The normalized spacial score (nSPS) is 20.6. The number of carbonyl (C=O) groups is 1. The van der Waals surface area contributed by atoms with Crippen LogP contribution in [0.2, 0.25) is 0 Å². The first kappa shape index (κ1) is 13.9. The van der Waals surface area contributed by atoms with E-state index in [0.717, 1.165) is 25.1 Å². The molecule has 0 aliphatic carbocycles. The van der Waals surface area contributed by atoms with Crippen molar-refractivity contribution in [3.8, 4) is 0 Å². The van der Waals surface area contributed by atoms with Crippen LogP contribution in [0, 0.1) is 11.6 Å². The molecule has 3 nitrogen and oxygen atoms in total. The van der Waals surface area contributed by atoms with Gasteiger partial charge >= 0.3 is 0 Å². The van der Waals surface area contributed by atoms with E-state index >= 15 is 0 Å². The molecule has 1 aromatic rings. The number of hydrogen-bond donors (Lipinski definition) is 0. The number of hydrogen-bond acceptors (Lipinski definition) is 3. The first-order chi connectivity index (χ1) is 9.06. The summed E-state index contributed by atoms with van der Waals surface area (Å²) in [5.41, 5.74) is 0.0112. The molecule has 0 aromatic heterocycles. The topological polar surface area (TPSA) is 23.6 Å². The third-order valence-corrected chi connectivity index (χ3v) is 3.74. The van der Waals surface area contributed by atoms with E-state index in [9.17, 15) is 13.6 Å². The molecule has 1 atom stereocenters. The number of rotatable bonds is 3. The first-order valence-electron chi connectivity index (χ1n) is 6.46. The number of halogens is 2. The monoisotopic (exact) mass is 268 g/mol. The van der Waals surface area contributed by atoms with E-state index in [1.165, 1.54) is 0 Å². The van der Waals surface area contributed by atoms with Crippen LogP contribution in [0.25, 0.3) is 0 Å². The van der Waals surface area contributed by atoms with E-state index in [1.54, 1.807) is 4.90 Å². The Kier molecular flexibility index (Phi) is 4.14. The van der Waals surface area contributed by atoms with E-state index in [4.69, 9.17) is 0 Å². The lowest BCUT2D eigenvalue weighted by atomic mass is 10.1. The number of likely N-dealkylation sites (N-methyl/N-ethyl adjacent to an activating group) is 1. The van der Waals surface area contributed by atoms with Gasteiger partial charge in [0.15, 0.2) is 0 Å². The largest absolute Gasteiger partial charge is 0.364 e. The van der Waals surface area contributed by atoms with Crippen LogP contribution in [-0.2, 0) is 0 Å². The van der Waals surface area contributed by atoms with Gasteiger partial charge in [-0.1, -0.05) is 6.92 Å². The van der Waals surface area contributed by atoms with Crippen molar-refractivity contribution in [3.63, 3.8) is 0 Å². The summed E-state index contributed by atoms with van der Waals surface area (Å²) in [4.78, 5) is 14.5. The SMILES string of the molecule is CCC1CN(c2c(F)cc(C=O)cc2F)CCN1C. The molecule has 1 fully saturated rings. The fraction of sp³-hybridized carbons (Fsp3) is 0.500. The Morgan fingerprint density at radius 1 is 1.32 bits per heavy atom. The molecule has 0 N–H and O–H groups in total. The maximum atomic E-state index is 14.0. The van der Waals surface area contributed by atoms with Gasteiger partial charge in [-0.25, -0.2) is 8.78 Å². The number of anilines is 1. The summed E-state index contributed by atoms with van der Waals surface area (Å²) in [5, 5.41) is 0.